The largest absolute Gasteiger partial charge is 0.352 e. The van der Waals surface area contributed by atoms with Gasteiger partial charge in [0.25, 0.3) is 0 Å². The summed E-state index contributed by atoms with van der Waals surface area (Å²) in [6.45, 7) is 4.49. The molecule has 1 aliphatic carbocycles. The van der Waals surface area contributed by atoms with Gasteiger partial charge in [0.15, 0.2) is 0 Å². The average Bonchev–Trinajstić information content (AvgIpc) is 2.96. The molecule has 0 bridgehead atoms. The Kier molecular flexibility index (Phi) is 4.48. The fourth-order valence-corrected chi connectivity index (χ4v) is 1.12. The van der Waals surface area contributed by atoms with Gasteiger partial charge in [0, 0.05) is 19.0 Å². The maximum absolute atomic E-state index is 11.4. The molecule has 3 nitrogen and oxygen atoms in total. The molecule has 0 heterocycles. The van der Waals surface area contributed by atoms with Crippen LogP contribution in [0.2, 0.25) is 0 Å². The minimum atomic E-state index is -0.103. The molecule has 1 saturated carbocycles. The highest BCUT2D eigenvalue weighted by Gasteiger charge is 2.25. The smallest absolute Gasteiger partial charge is 0.237 e. The van der Waals surface area contributed by atoms with Crippen LogP contribution in [0.5, 0.6) is 0 Å². The van der Waals surface area contributed by atoms with Crippen molar-refractivity contribution in [3.8, 4) is 11.8 Å². The summed E-state index contributed by atoms with van der Waals surface area (Å²) >= 11 is 0. The van der Waals surface area contributed by atoms with E-state index in [1.54, 1.807) is 0 Å². The maximum atomic E-state index is 11.4. The highest BCUT2D eigenvalue weighted by atomic mass is 16.2. The third kappa shape index (κ3) is 4.29. The Hall–Kier alpha value is -1.01. The molecule has 1 amide bonds. The van der Waals surface area contributed by atoms with E-state index in [4.69, 9.17) is 0 Å². The van der Waals surface area contributed by atoms with Gasteiger partial charge in [-0.15, -0.1) is 11.8 Å². The summed E-state index contributed by atoms with van der Waals surface area (Å²) in [4.78, 5) is 11.4. The summed E-state index contributed by atoms with van der Waals surface area (Å²) in [6.07, 6.45) is 3.08. The van der Waals surface area contributed by atoms with Crippen LogP contribution in [0.4, 0.5) is 0 Å². The summed E-state index contributed by atoms with van der Waals surface area (Å²) in [5.74, 6) is 5.88. The Balaban J connectivity index is 2.08. The second-order valence-corrected chi connectivity index (χ2v) is 3.64. The van der Waals surface area contributed by atoms with Gasteiger partial charge >= 0.3 is 0 Å². The quantitative estimate of drug-likeness (QED) is 0.498. The van der Waals surface area contributed by atoms with Crippen molar-refractivity contribution in [2.45, 2.75) is 45.2 Å². The van der Waals surface area contributed by atoms with Gasteiger partial charge in [0.05, 0.1) is 6.04 Å². The lowest BCUT2D eigenvalue weighted by Crippen LogP contribution is -2.43. The number of amides is 1. The third-order valence-corrected chi connectivity index (χ3v) is 2.19. The minimum absolute atomic E-state index is 0.103. The molecule has 3 heteroatoms. The summed E-state index contributed by atoms with van der Waals surface area (Å²) < 4.78 is 0. The first-order chi connectivity index (χ1) is 6.74. The molecule has 1 atom stereocenters. The van der Waals surface area contributed by atoms with Crippen LogP contribution in [0.15, 0.2) is 0 Å². The van der Waals surface area contributed by atoms with E-state index in [-0.39, 0.29) is 11.9 Å². The van der Waals surface area contributed by atoms with Gasteiger partial charge in [-0.25, -0.2) is 0 Å². The van der Waals surface area contributed by atoms with E-state index in [2.05, 4.69) is 22.5 Å². The molecule has 0 spiro atoms. The fraction of sp³-hybridized carbons (Fsp3) is 0.727. The summed E-state index contributed by atoms with van der Waals surface area (Å²) in [7, 11) is 0. The van der Waals surface area contributed by atoms with Crippen LogP contribution in [-0.4, -0.2) is 24.5 Å². The van der Waals surface area contributed by atoms with Gasteiger partial charge in [0.1, 0.15) is 0 Å². The van der Waals surface area contributed by atoms with E-state index in [0.717, 1.165) is 25.8 Å². The maximum Gasteiger partial charge on any atom is 0.237 e. The number of carbonyl (C=O) groups excluding carboxylic acids is 1. The number of carbonyl (C=O) groups is 1. The van der Waals surface area contributed by atoms with Crippen molar-refractivity contribution in [3.63, 3.8) is 0 Å². The monoisotopic (exact) mass is 194 g/mol. The van der Waals surface area contributed by atoms with Gasteiger partial charge in [-0.1, -0.05) is 0 Å². The van der Waals surface area contributed by atoms with Crippen LogP contribution in [0, 0.1) is 11.8 Å². The van der Waals surface area contributed by atoms with Crippen molar-refractivity contribution in [2.24, 2.45) is 0 Å². The Morgan fingerprint density at radius 1 is 1.57 bits per heavy atom. The van der Waals surface area contributed by atoms with Crippen molar-refractivity contribution in [3.05, 3.63) is 0 Å². The van der Waals surface area contributed by atoms with Gasteiger partial charge in [-0.05, 0) is 26.7 Å². The first-order valence-corrected chi connectivity index (χ1v) is 5.17. The first kappa shape index (κ1) is 11.1. The lowest BCUT2D eigenvalue weighted by Gasteiger charge is -2.12. The van der Waals surface area contributed by atoms with E-state index < -0.39 is 0 Å². The van der Waals surface area contributed by atoms with E-state index in [9.17, 15) is 4.79 Å². The van der Waals surface area contributed by atoms with Crippen LogP contribution in [-0.2, 0) is 4.79 Å². The molecule has 0 aromatic heterocycles. The Morgan fingerprint density at radius 3 is 2.86 bits per heavy atom. The molecule has 1 unspecified atom stereocenters. The zero-order chi connectivity index (χ0) is 10.4. The predicted molar refractivity (Wildman–Crippen MR) is 56.7 cm³/mol. The molecule has 0 aromatic carbocycles. The zero-order valence-corrected chi connectivity index (χ0v) is 8.89. The van der Waals surface area contributed by atoms with Gasteiger partial charge in [0.2, 0.25) is 5.91 Å². The zero-order valence-electron chi connectivity index (χ0n) is 8.89. The van der Waals surface area contributed by atoms with Crippen molar-refractivity contribution in [1.29, 1.82) is 0 Å². The lowest BCUT2D eigenvalue weighted by atomic mass is 10.3. The minimum Gasteiger partial charge on any atom is -0.352 e. The van der Waals surface area contributed by atoms with Crippen LogP contribution < -0.4 is 10.6 Å². The van der Waals surface area contributed by atoms with Crippen molar-refractivity contribution in [2.75, 3.05) is 6.54 Å². The molecule has 0 radical (unpaired) electrons. The molecule has 0 saturated heterocycles. The van der Waals surface area contributed by atoms with Crippen molar-refractivity contribution < 1.29 is 4.79 Å². The molecule has 0 aromatic rings. The van der Waals surface area contributed by atoms with E-state index in [0.29, 0.717) is 6.04 Å². The molecule has 78 valence electrons. The van der Waals surface area contributed by atoms with Gasteiger partial charge < -0.3 is 10.6 Å². The molecule has 1 fully saturated rings. The van der Waals surface area contributed by atoms with E-state index in [1.807, 2.05) is 13.8 Å². The number of hydrogen-bond donors (Lipinski definition) is 2. The van der Waals surface area contributed by atoms with E-state index >= 15 is 0 Å². The fourth-order valence-electron chi connectivity index (χ4n) is 1.12. The van der Waals surface area contributed by atoms with Crippen molar-refractivity contribution in [1.82, 2.24) is 10.6 Å². The third-order valence-electron chi connectivity index (χ3n) is 2.19. The molecule has 0 aliphatic heterocycles. The average molecular weight is 194 g/mol. The van der Waals surface area contributed by atoms with Crippen LogP contribution >= 0.6 is 0 Å². The lowest BCUT2D eigenvalue weighted by molar-refractivity contribution is -0.122. The summed E-state index contributed by atoms with van der Waals surface area (Å²) in [5, 5.41) is 6.09. The summed E-state index contributed by atoms with van der Waals surface area (Å²) in [5.41, 5.74) is 0. The Bertz CT molecular complexity index is 248. The molecular formula is C11H18N2O. The first-order valence-electron chi connectivity index (χ1n) is 5.17. The van der Waals surface area contributed by atoms with Crippen LogP contribution in [0.1, 0.15) is 33.1 Å². The van der Waals surface area contributed by atoms with Crippen LogP contribution in [0.3, 0.4) is 0 Å². The van der Waals surface area contributed by atoms with Gasteiger partial charge in [-0.3, -0.25) is 4.79 Å². The number of rotatable bonds is 5. The van der Waals surface area contributed by atoms with Crippen molar-refractivity contribution >= 4 is 5.91 Å². The SMILES string of the molecule is CC#CCCNC(C)C(=O)NC1CC1. The van der Waals surface area contributed by atoms with Crippen LogP contribution in [0.25, 0.3) is 0 Å². The Labute approximate surface area is 85.6 Å². The normalized spacial score (nSPS) is 16.7. The van der Waals surface area contributed by atoms with E-state index in [1.165, 1.54) is 0 Å². The molecule has 2 N–H and O–H groups in total. The predicted octanol–water partition coefficient (Wildman–Crippen LogP) is 0.656. The summed E-state index contributed by atoms with van der Waals surface area (Å²) in [6, 6.07) is 0.344. The highest BCUT2D eigenvalue weighted by molar-refractivity contribution is 5.81. The molecular weight excluding hydrogens is 176 g/mol. The van der Waals surface area contributed by atoms with Gasteiger partial charge in [-0.2, -0.15) is 0 Å². The second kappa shape index (κ2) is 5.66. The topological polar surface area (TPSA) is 41.1 Å². The Morgan fingerprint density at radius 2 is 2.29 bits per heavy atom. The standard InChI is InChI=1S/C11H18N2O/c1-3-4-5-8-12-9(2)11(14)13-10-6-7-10/h9-10,12H,5-8H2,1-2H3,(H,13,14). The number of hydrogen-bond acceptors (Lipinski definition) is 2. The highest BCUT2D eigenvalue weighted by Crippen LogP contribution is 2.18. The number of nitrogens with one attached hydrogen (secondary N) is 2. The second-order valence-electron chi connectivity index (χ2n) is 3.64. The molecule has 1 rings (SSSR count). The molecule has 14 heavy (non-hydrogen) atoms. The molecule has 1 aliphatic rings.